The summed E-state index contributed by atoms with van der Waals surface area (Å²) in [5.74, 6) is -0.232. The van der Waals surface area contributed by atoms with Gasteiger partial charge < -0.3 is 14.6 Å². The van der Waals surface area contributed by atoms with Crippen LogP contribution in [0.3, 0.4) is 0 Å². The number of aromatic nitrogens is 5. The zero-order valence-corrected chi connectivity index (χ0v) is 16.8. The molecule has 0 saturated heterocycles. The van der Waals surface area contributed by atoms with E-state index in [9.17, 15) is 9.18 Å². The van der Waals surface area contributed by atoms with Crippen molar-refractivity contribution in [3.63, 3.8) is 0 Å². The summed E-state index contributed by atoms with van der Waals surface area (Å²) in [7, 11) is 1.47. The molecule has 2 aromatic heterocycles. The van der Waals surface area contributed by atoms with E-state index < -0.39 is 11.7 Å². The lowest BCUT2D eigenvalue weighted by Gasteiger charge is -2.14. The van der Waals surface area contributed by atoms with Crippen LogP contribution in [0.1, 0.15) is 16.2 Å². The molecule has 8 nitrogen and oxygen atoms in total. The zero-order chi connectivity index (χ0) is 21.3. The number of nitrogens with one attached hydrogen (secondary N) is 1. The third-order valence-corrected chi connectivity index (χ3v) is 4.76. The number of tetrazole rings is 1. The molecule has 0 radical (unpaired) electrons. The maximum atomic E-state index is 14.3. The minimum atomic E-state index is -0.528. The normalized spacial score (nSPS) is 10.8. The summed E-state index contributed by atoms with van der Waals surface area (Å²) in [6.07, 6.45) is 3.67. The first-order valence-corrected chi connectivity index (χ1v) is 9.23. The van der Waals surface area contributed by atoms with Crippen LogP contribution in [-0.2, 0) is 0 Å². The second-order valence-corrected chi connectivity index (χ2v) is 6.76. The molecule has 0 atom stereocenters. The van der Waals surface area contributed by atoms with Gasteiger partial charge in [-0.05, 0) is 53.7 Å². The monoisotopic (exact) mass is 426 g/mol. The molecule has 0 aliphatic rings. The van der Waals surface area contributed by atoms with Crippen molar-refractivity contribution >= 4 is 23.2 Å². The first kappa shape index (κ1) is 19.6. The van der Waals surface area contributed by atoms with Gasteiger partial charge in [0.15, 0.2) is 5.82 Å². The third-order valence-electron chi connectivity index (χ3n) is 4.45. The lowest BCUT2D eigenvalue weighted by Crippen LogP contribution is -2.14. The Morgan fingerprint density at radius 2 is 1.93 bits per heavy atom. The molecule has 10 heteroatoms. The Labute approximate surface area is 175 Å². The molecular formula is C20H16ClFN6O2. The summed E-state index contributed by atoms with van der Waals surface area (Å²) in [5.41, 5.74) is 1.39. The number of anilines is 1. The third kappa shape index (κ3) is 3.62. The van der Waals surface area contributed by atoms with E-state index in [2.05, 4.69) is 20.8 Å². The second-order valence-electron chi connectivity index (χ2n) is 6.35. The van der Waals surface area contributed by atoms with Crippen LogP contribution < -0.4 is 10.1 Å². The molecule has 2 heterocycles. The van der Waals surface area contributed by atoms with E-state index in [-0.39, 0.29) is 11.3 Å². The molecule has 0 spiro atoms. The number of benzene rings is 2. The minimum Gasteiger partial charge on any atom is -0.496 e. The van der Waals surface area contributed by atoms with Gasteiger partial charge in [0.1, 0.15) is 17.3 Å². The van der Waals surface area contributed by atoms with Gasteiger partial charge in [-0.3, -0.25) is 4.79 Å². The molecule has 30 heavy (non-hydrogen) atoms. The Morgan fingerprint density at radius 1 is 1.17 bits per heavy atom. The number of amides is 1. The van der Waals surface area contributed by atoms with Gasteiger partial charge in [-0.2, -0.15) is 4.68 Å². The highest BCUT2D eigenvalue weighted by Gasteiger charge is 2.18. The summed E-state index contributed by atoms with van der Waals surface area (Å²) < 4.78 is 22.7. The highest BCUT2D eigenvalue weighted by molar-refractivity contribution is 6.33. The topological polar surface area (TPSA) is 86.9 Å². The van der Waals surface area contributed by atoms with Crippen LogP contribution >= 0.6 is 11.6 Å². The zero-order valence-electron chi connectivity index (χ0n) is 16.0. The fraction of sp³-hybridized carbons (Fsp3) is 0.100. The molecule has 4 rings (SSSR count). The van der Waals surface area contributed by atoms with E-state index >= 15 is 0 Å². The summed E-state index contributed by atoms with van der Waals surface area (Å²) >= 11 is 6.40. The molecule has 152 valence electrons. The van der Waals surface area contributed by atoms with Gasteiger partial charge in [-0.25, -0.2) is 4.39 Å². The predicted molar refractivity (Wildman–Crippen MR) is 109 cm³/mol. The van der Waals surface area contributed by atoms with Crippen molar-refractivity contribution in [2.24, 2.45) is 0 Å². The van der Waals surface area contributed by atoms with Crippen LogP contribution in [0.15, 0.2) is 54.9 Å². The molecule has 1 N–H and O–H groups in total. The van der Waals surface area contributed by atoms with Crippen LogP contribution in [0.2, 0.25) is 5.02 Å². The molecule has 0 fully saturated rings. The summed E-state index contributed by atoms with van der Waals surface area (Å²) in [6.45, 7) is 1.64. The minimum absolute atomic E-state index is 0.114. The maximum absolute atomic E-state index is 14.3. The summed E-state index contributed by atoms with van der Waals surface area (Å²) in [6, 6.07) is 11.0. The lowest BCUT2D eigenvalue weighted by atomic mass is 10.1. The molecule has 0 bridgehead atoms. The second kappa shape index (κ2) is 7.96. The number of nitrogens with zero attached hydrogens (tertiary/aromatic N) is 5. The highest BCUT2D eigenvalue weighted by atomic mass is 35.5. The number of rotatable bonds is 5. The number of hydrogen-bond acceptors (Lipinski definition) is 5. The van der Waals surface area contributed by atoms with Gasteiger partial charge in [0.05, 0.1) is 23.4 Å². The van der Waals surface area contributed by atoms with Gasteiger partial charge in [-0.15, -0.1) is 5.10 Å². The number of carbonyl (C=O) groups excluding carboxylic acids is 1. The quantitative estimate of drug-likeness (QED) is 0.524. The Morgan fingerprint density at radius 3 is 2.60 bits per heavy atom. The maximum Gasteiger partial charge on any atom is 0.259 e. The number of halogens is 2. The number of methoxy groups -OCH3 is 1. The van der Waals surface area contributed by atoms with Crippen molar-refractivity contribution in [1.82, 2.24) is 24.8 Å². The van der Waals surface area contributed by atoms with Crippen molar-refractivity contribution in [1.29, 1.82) is 0 Å². The summed E-state index contributed by atoms with van der Waals surface area (Å²) in [4.78, 5) is 12.9. The molecule has 4 aromatic rings. The molecule has 0 unspecified atom stereocenters. The fourth-order valence-electron chi connectivity index (χ4n) is 2.99. The van der Waals surface area contributed by atoms with Crippen LogP contribution in [-0.4, -0.2) is 37.8 Å². The standard InChI is InChI=1S/C20H16ClFN6O2/c1-12-24-25-26-28(12)18-9-13(5-6-16(18)22)23-20(29)14-10-15(21)17(11-19(14)30-2)27-7-3-4-8-27/h3-11H,1-2H3,(H,23,29). The molecular weight excluding hydrogens is 411 g/mol. The van der Waals surface area contributed by atoms with Crippen molar-refractivity contribution < 1.29 is 13.9 Å². The Kier molecular flexibility index (Phi) is 5.20. The first-order valence-electron chi connectivity index (χ1n) is 8.85. The van der Waals surface area contributed by atoms with Crippen LogP contribution in [0.5, 0.6) is 5.75 Å². The Bertz CT molecular complexity index is 1220. The van der Waals surface area contributed by atoms with Gasteiger partial charge in [0.25, 0.3) is 5.91 Å². The Balaban J connectivity index is 1.66. The van der Waals surface area contributed by atoms with E-state index in [0.717, 1.165) is 0 Å². The van der Waals surface area contributed by atoms with Gasteiger partial charge in [-0.1, -0.05) is 11.6 Å². The van der Waals surface area contributed by atoms with Gasteiger partial charge >= 0.3 is 0 Å². The number of carbonyl (C=O) groups is 1. The fourth-order valence-corrected chi connectivity index (χ4v) is 3.25. The molecule has 0 saturated carbocycles. The number of hydrogen-bond donors (Lipinski definition) is 1. The van der Waals surface area contributed by atoms with Crippen molar-refractivity contribution in [2.75, 3.05) is 12.4 Å². The molecule has 0 aliphatic carbocycles. The van der Waals surface area contributed by atoms with Crippen LogP contribution in [0.25, 0.3) is 11.4 Å². The van der Waals surface area contributed by atoms with Crippen molar-refractivity contribution in [2.45, 2.75) is 6.92 Å². The first-order chi connectivity index (χ1) is 14.5. The van der Waals surface area contributed by atoms with Gasteiger partial charge in [0, 0.05) is 24.1 Å². The van der Waals surface area contributed by atoms with Crippen molar-refractivity contribution in [3.8, 4) is 17.1 Å². The van der Waals surface area contributed by atoms with E-state index in [4.69, 9.17) is 16.3 Å². The largest absolute Gasteiger partial charge is 0.496 e. The Hall–Kier alpha value is -3.72. The average Bonchev–Trinajstić information content (AvgIpc) is 3.41. The number of ether oxygens (including phenoxy) is 1. The molecule has 2 aromatic carbocycles. The van der Waals surface area contributed by atoms with E-state index in [1.165, 1.54) is 36.1 Å². The predicted octanol–water partition coefficient (Wildman–Crippen LogP) is 3.81. The smallest absolute Gasteiger partial charge is 0.259 e. The SMILES string of the molecule is COc1cc(-n2cccc2)c(Cl)cc1C(=O)Nc1ccc(F)c(-n2nnnc2C)c1. The molecule has 1 amide bonds. The average molecular weight is 427 g/mol. The summed E-state index contributed by atoms with van der Waals surface area (Å²) in [5, 5.41) is 14.1. The van der Waals surface area contributed by atoms with Crippen LogP contribution in [0.4, 0.5) is 10.1 Å². The highest BCUT2D eigenvalue weighted by Crippen LogP contribution is 2.31. The van der Waals surface area contributed by atoms with E-state index in [1.54, 1.807) is 13.0 Å². The van der Waals surface area contributed by atoms with Crippen LogP contribution in [0, 0.1) is 12.7 Å². The van der Waals surface area contributed by atoms with E-state index in [1.807, 2.05) is 29.1 Å². The molecule has 0 aliphatic heterocycles. The van der Waals surface area contributed by atoms with Gasteiger partial charge in [0.2, 0.25) is 0 Å². The number of aryl methyl sites for hydroxylation is 1. The lowest BCUT2D eigenvalue weighted by molar-refractivity contribution is 0.102. The van der Waals surface area contributed by atoms with E-state index in [0.29, 0.717) is 28.0 Å². The van der Waals surface area contributed by atoms with Crippen molar-refractivity contribution in [3.05, 3.63) is 77.1 Å².